The summed E-state index contributed by atoms with van der Waals surface area (Å²) in [6.07, 6.45) is -1.09. The molecular formula is C19H16FNO4. The minimum atomic E-state index is -1.12. The summed E-state index contributed by atoms with van der Waals surface area (Å²) in [5.41, 5.74) is 2.14. The van der Waals surface area contributed by atoms with Gasteiger partial charge in [0, 0.05) is 16.6 Å². The maximum absolute atomic E-state index is 13.2. The van der Waals surface area contributed by atoms with Crippen molar-refractivity contribution < 1.29 is 24.1 Å². The van der Waals surface area contributed by atoms with Gasteiger partial charge in [-0.1, -0.05) is 12.1 Å². The third-order valence-corrected chi connectivity index (χ3v) is 3.90. The predicted octanol–water partition coefficient (Wildman–Crippen LogP) is 3.91. The van der Waals surface area contributed by atoms with Gasteiger partial charge in [0.1, 0.15) is 11.6 Å². The van der Waals surface area contributed by atoms with Crippen LogP contribution in [0.4, 0.5) is 4.39 Å². The van der Waals surface area contributed by atoms with Gasteiger partial charge in [0.2, 0.25) is 5.88 Å². The third-order valence-electron chi connectivity index (χ3n) is 3.90. The molecule has 1 aromatic heterocycles. The monoisotopic (exact) mass is 341 g/mol. The lowest BCUT2D eigenvalue weighted by Gasteiger charge is -2.16. The Morgan fingerprint density at radius 1 is 1.16 bits per heavy atom. The van der Waals surface area contributed by atoms with Gasteiger partial charge in [0.15, 0.2) is 6.10 Å². The van der Waals surface area contributed by atoms with Crippen molar-refractivity contribution in [3.63, 3.8) is 0 Å². The predicted molar refractivity (Wildman–Crippen MR) is 91.3 cm³/mol. The Labute approximate surface area is 143 Å². The molecule has 1 atom stereocenters. The van der Waals surface area contributed by atoms with Crippen molar-refractivity contribution in [2.24, 2.45) is 0 Å². The Balaban J connectivity index is 2.25. The first-order chi connectivity index (χ1) is 11.9. The summed E-state index contributed by atoms with van der Waals surface area (Å²) in [5.74, 6) is -1.32. The lowest BCUT2D eigenvalue weighted by molar-refractivity contribution is -0.144. The van der Waals surface area contributed by atoms with Crippen molar-refractivity contribution in [3.8, 4) is 22.8 Å². The summed E-state index contributed by atoms with van der Waals surface area (Å²) in [4.78, 5) is 15.4. The van der Waals surface area contributed by atoms with E-state index in [0.29, 0.717) is 11.1 Å². The highest BCUT2D eigenvalue weighted by Gasteiger charge is 2.19. The van der Waals surface area contributed by atoms with Crippen molar-refractivity contribution in [2.45, 2.75) is 20.0 Å². The number of nitrogens with zero attached hydrogens (tertiary/aromatic N) is 1. The number of halogens is 1. The molecule has 0 saturated carbocycles. The number of hydrogen-bond acceptors (Lipinski definition) is 4. The molecule has 0 spiro atoms. The van der Waals surface area contributed by atoms with Crippen LogP contribution in [0.5, 0.6) is 11.6 Å². The van der Waals surface area contributed by atoms with Crippen LogP contribution in [-0.2, 0) is 4.79 Å². The van der Waals surface area contributed by atoms with E-state index in [4.69, 9.17) is 9.84 Å². The normalized spacial score (nSPS) is 12.1. The number of aromatic hydroxyl groups is 1. The van der Waals surface area contributed by atoms with Crippen LogP contribution >= 0.6 is 0 Å². The molecule has 25 heavy (non-hydrogen) atoms. The molecule has 0 radical (unpaired) electrons. The summed E-state index contributed by atoms with van der Waals surface area (Å²) in [6.45, 7) is 3.17. The minimum Gasteiger partial charge on any atom is -0.508 e. The highest BCUT2D eigenvalue weighted by atomic mass is 19.1. The number of pyridine rings is 1. The zero-order valence-corrected chi connectivity index (χ0v) is 13.7. The van der Waals surface area contributed by atoms with Crippen molar-refractivity contribution in [3.05, 3.63) is 54.0 Å². The van der Waals surface area contributed by atoms with Crippen LogP contribution in [0.2, 0.25) is 0 Å². The van der Waals surface area contributed by atoms with E-state index in [1.165, 1.54) is 31.2 Å². The van der Waals surface area contributed by atoms with Crippen LogP contribution in [0, 0.1) is 12.7 Å². The molecule has 3 rings (SSSR count). The lowest BCUT2D eigenvalue weighted by atomic mass is 9.97. The van der Waals surface area contributed by atoms with Gasteiger partial charge in [-0.25, -0.2) is 14.2 Å². The molecule has 2 N–H and O–H groups in total. The number of aliphatic carboxylic acids is 1. The van der Waals surface area contributed by atoms with Crippen LogP contribution in [-0.4, -0.2) is 27.3 Å². The topological polar surface area (TPSA) is 79.7 Å². The number of carboxylic acid groups (broad SMARTS) is 1. The van der Waals surface area contributed by atoms with E-state index in [1.54, 1.807) is 25.1 Å². The van der Waals surface area contributed by atoms with Crippen LogP contribution in [0.25, 0.3) is 21.9 Å². The first-order valence-corrected chi connectivity index (χ1v) is 7.65. The number of phenols is 1. The Hall–Kier alpha value is -3.15. The number of fused-ring (bicyclic) bond motifs is 1. The van der Waals surface area contributed by atoms with Gasteiger partial charge in [-0.3, -0.25) is 0 Å². The molecule has 128 valence electrons. The van der Waals surface area contributed by atoms with Gasteiger partial charge in [-0.15, -0.1) is 0 Å². The first kappa shape index (κ1) is 16.7. The number of carbonyl (C=O) groups is 1. The molecule has 0 fully saturated rings. The van der Waals surface area contributed by atoms with Gasteiger partial charge in [0.05, 0.1) is 0 Å². The Morgan fingerprint density at radius 2 is 1.84 bits per heavy atom. The highest BCUT2D eigenvalue weighted by molar-refractivity contribution is 6.00. The fraction of sp³-hybridized carbons (Fsp3) is 0.158. The van der Waals surface area contributed by atoms with Crippen molar-refractivity contribution in [1.29, 1.82) is 0 Å². The number of rotatable bonds is 4. The van der Waals surface area contributed by atoms with Gasteiger partial charge < -0.3 is 14.9 Å². The second-order valence-corrected chi connectivity index (χ2v) is 5.71. The molecule has 2 aromatic carbocycles. The molecule has 1 heterocycles. The highest BCUT2D eigenvalue weighted by Crippen LogP contribution is 2.37. The molecule has 0 unspecified atom stereocenters. The summed E-state index contributed by atoms with van der Waals surface area (Å²) in [6, 6.07) is 10.7. The summed E-state index contributed by atoms with van der Waals surface area (Å²) in [7, 11) is 0. The van der Waals surface area contributed by atoms with E-state index < -0.39 is 12.1 Å². The van der Waals surface area contributed by atoms with E-state index in [1.807, 2.05) is 0 Å². The van der Waals surface area contributed by atoms with Crippen LogP contribution in [0.15, 0.2) is 42.5 Å². The van der Waals surface area contributed by atoms with Gasteiger partial charge >= 0.3 is 5.97 Å². The summed E-state index contributed by atoms with van der Waals surface area (Å²) < 4.78 is 18.7. The number of phenolic OH excluding ortho intramolecular Hbond substituents is 1. The summed E-state index contributed by atoms with van der Waals surface area (Å²) in [5, 5.41) is 20.1. The van der Waals surface area contributed by atoms with Crippen LogP contribution < -0.4 is 4.74 Å². The molecule has 5 nitrogen and oxygen atoms in total. The first-order valence-electron chi connectivity index (χ1n) is 7.65. The van der Waals surface area contributed by atoms with E-state index >= 15 is 0 Å². The smallest absolute Gasteiger partial charge is 0.344 e. The van der Waals surface area contributed by atoms with E-state index in [0.717, 1.165) is 16.5 Å². The molecule has 0 aliphatic rings. The largest absolute Gasteiger partial charge is 0.508 e. The van der Waals surface area contributed by atoms with E-state index in [2.05, 4.69) is 4.98 Å². The molecule has 0 aliphatic carbocycles. The molecule has 3 aromatic rings. The second kappa shape index (κ2) is 6.39. The molecule has 0 amide bonds. The quantitative estimate of drug-likeness (QED) is 0.752. The molecule has 0 aliphatic heterocycles. The number of carboxylic acids is 1. The Morgan fingerprint density at radius 3 is 2.48 bits per heavy atom. The maximum atomic E-state index is 13.2. The SMILES string of the molecule is Cc1nc(O[C@@H](C)C(=O)O)c2cc(O)ccc2c1-c1ccc(F)cc1. The zero-order valence-electron chi connectivity index (χ0n) is 13.7. The maximum Gasteiger partial charge on any atom is 0.344 e. The molecule has 0 saturated heterocycles. The second-order valence-electron chi connectivity index (χ2n) is 5.71. The average Bonchev–Trinajstić information content (AvgIpc) is 2.56. The third kappa shape index (κ3) is 3.24. The number of hydrogen-bond donors (Lipinski definition) is 2. The molecular weight excluding hydrogens is 325 g/mol. The van der Waals surface area contributed by atoms with Gasteiger partial charge in [0.25, 0.3) is 0 Å². The fourth-order valence-corrected chi connectivity index (χ4v) is 2.68. The fourth-order valence-electron chi connectivity index (χ4n) is 2.68. The number of aryl methyl sites for hydroxylation is 1. The van der Waals surface area contributed by atoms with Gasteiger partial charge in [-0.2, -0.15) is 0 Å². The number of aromatic nitrogens is 1. The Kier molecular flexibility index (Phi) is 4.27. The van der Waals surface area contributed by atoms with Gasteiger partial charge in [-0.05, 0) is 55.1 Å². The van der Waals surface area contributed by atoms with Crippen LogP contribution in [0.3, 0.4) is 0 Å². The van der Waals surface area contributed by atoms with Crippen molar-refractivity contribution >= 4 is 16.7 Å². The molecule has 6 heteroatoms. The van der Waals surface area contributed by atoms with Crippen molar-refractivity contribution in [2.75, 3.05) is 0 Å². The van der Waals surface area contributed by atoms with Crippen molar-refractivity contribution in [1.82, 2.24) is 4.98 Å². The number of ether oxygens (including phenoxy) is 1. The van der Waals surface area contributed by atoms with E-state index in [-0.39, 0.29) is 17.4 Å². The Bertz CT molecular complexity index is 954. The average molecular weight is 341 g/mol. The standard InChI is InChI=1S/C19H16FNO4/c1-10-17(12-3-5-13(20)6-4-12)15-8-7-14(22)9-16(15)18(21-10)25-11(2)19(23)24/h3-9,11,22H,1-2H3,(H,23,24)/t11-/m0/s1. The minimum absolute atomic E-state index is 0.0102. The van der Waals surface area contributed by atoms with Crippen LogP contribution in [0.1, 0.15) is 12.6 Å². The lowest BCUT2D eigenvalue weighted by Crippen LogP contribution is -2.23. The zero-order chi connectivity index (χ0) is 18.1. The summed E-state index contributed by atoms with van der Waals surface area (Å²) >= 11 is 0. The number of benzene rings is 2. The molecule has 0 bridgehead atoms. The van der Waals surface area contributed by atoms with E-state index in [9.17, 15) is 14.3 Å².